The zero-order valence-electron chi connectivity index (χ0n) is 10.9. The molecule has 0 aromatic heterocycles. The Labute approximate surface area is 113 Å². The molecule has 0 fully saturated rings. The summed E-state index contributed by atoms with van der Waals surface area (Å²) in [6.07, 6.45) is 1.67. The maximum absolute atomic E-state index is 9.27. The van der Waals surface area contributed by atoms with Gasteiger partial charge < -0.3 is 10.4 Å². The number of nitriles is 1. The first kappa shape index (κ1) is 14.9. The van der Waals surface area contributed by atoms with Gasteiger partial charge in [0.05, 0.1) is 11.3 Å². The fourth-order valence-electron chi connectivity index (χ4n) is 1.78. The standard InChI is InChI=1S/C14H20N2OS/c1-3-18-14-8-4-7-13(12(14)10-15)16-11(2)6-5-9-17/h4,7-8,11,16-17H,3,5-6,9H2,1-2H3. The maximum atomic E-state index is 9.27. The van der Waals surface area contributed by atoms with Crippen molar-refractivity contribution in [2.75, 3.05) is 17.7 Å². The molecule has 1 atom stereocenters. The van der Waals surface area contributed by atoms with Gasteiger partial charge in [-0.3, -0.25) is 0 Å². The van der Waals surface area contributed by atoms with E-state index >= 15 is 0 Å². The van der Waals surface area contributed by atoms with Gasteiger partial charge in [-0.2, -0.15) is 5.26 Å². The van der Waals surface area contributed by atoms with E-state index in [0.717, 1.165) is 34.7 Å². The molecular weight excluding hydrogens is 244 g/mol. The van der Waals surface area contributed by atoms with Crippen molar-refractivity contribution in [3.8, 4) is 6.07 Å². The number of benzene rings is 1. The van der Waals surface area contributed by atoms with Crippen molar-refractivity contribution < 1.29 is 5.11 Å². The Morgan fingerprint density at radius 2 is 2.28 bits per heavy atom. The zero-order valence-corrected chi connectivity index (χ0v) is 11.8. The van der Waals surface area contributed by atoms with Crippen LogP contribution in [0.2, 0.25) is 0 Å². The fraction of sp³-hybridized carbons (Fsp3) is 0.500. The second kappa shape index (κ2) is 8.02. The molecule has 0 aliphatic carbocycles. The number of nitrogens with one attached hydrogen (secondary N) is 1. The summed E-state index contributed by atoms with van der Waals surface area (Å²) in [6, 6.07) is 8.43. The van der Waals surface area contributed by atoms with Gasteiger partial charge in [-0.1, -0.05) is 13.0 Å². The van der Waals surface area contributed by atoms with E-state index in [9.17, 15) is 5.26 Å². The first-order valence-electron chi connectivity index (χ1n) is 6.26. The summed E-state index contributed by atoms with van der Waals surface area (Å²) in [7, 11) is 0. The quantitative estimate of drug-likeness (QED) is 0.742. The Hall–Kier alpha value is -1.18. The van der Waals surface area contributed by atoms with E-state index in [1.807, 2.05) is 18.2 Å². The van der Waals surface area contributed by atoms with Crippen molar-refractivity contribution in [2.45, 2.75) is 37.6 Å². The van der Waals surface area contributed by atoms with Crippen molar-refractivity contribution in [3.63, 3.8) is 0 Å². The molecule has 0 spiro atoms. The number of anilines is 1. The van der Waals surface area contributed by atoms with Gasteiger partial charge in [-0.05, 0) is 37.7 Å². The second-order valence-electron chi connectivity index (χ2n) is 4.13. The van der Waals surface area contributed by atoms with E-state index in [-0.39, 0.29) is 12.6 Å². The van der Waals surface area contributed by atoms with Gasteiger partial charge in [0.25, 0.3) is 0 Å². The molecule has 2 N–H and O–H groups in total. The predicted octanol–water partition coefficient (Wildman–Crippen LogP) is 3.24. The smallest absolute Gasteiger partial charge is 0.102 e. The van der Waals surface area contributed by atoms with Crippen LogP contribution >= 0.6 is 11.8 Å². The van der Waals surface area contributed by atoms with Gasteiger partial charge in [-0.15, -0.1) is 11.8 Å². The Morgan fingerprint density at radius 1 is 1.50 bits per heavy atom. The average Bonchev–Trinajstić information content (AvgIpc) is 2.37. The van der Waals surface area contributed by atoms with Crippen LogP contribution in [-0.4, -0.2) is 23.5 Å². The van der Waals surface area contributed by atoms with Crippen molar-refractivity contribution in [3.05, 3.63) is 23.8 Å². The third kappa shape index (κ3) is 4.25. The SMILES string of the molecule is CCSc1cccc(NC(C)CCCO)c1C#N. The van der Waals surface area contributed by atoms with Crippen LogP contribution in [0.1, 0.15) is 32.3 Å². The van der Waals surface area contributed by atoms with E-state index in [2.05, 4.69) is 25.2 Å². The minimum absolute atomic E-state index is 0.211. The van der Waals surface area contributed by atoms with E-state index in [1.54, 1.807) is 11.8 Å². The van der Waals surface area contributed by atoms with Crippen molar-refractivity contribution in [2.24, 2.45) is 0 Å². The minimum Gasteiger partial charge on any atom is -0.396 e. The number of aliphatic hydroxyl groups is 1. The molecule has 98 valence electrons. The summed E-state index contributed by atoms with van der Waals surface area (Å²) in [5.41, 5.74) is 1.61. The summed E-state index contributed by atoms with van der Waals surface area (Å²) in [5.74, 6) is 0.957. The topological polar surface area (TPSA) is 56.0 Å². The Bertz CT molecular complexity index is 415. The molecule has 0 radical (unpaired) electrons. The fourth-order valence-corrected chi connectivity index (χ4v) is 2.56. The van der Waals surface area contributed by atoms with E-state index in [1.165, 1.54) is 0 Å². The maximum Gasteiger partial charge on any atom is 0.102 e. The molecule has 1 unspecified atom stereocenters. The lowest BCUT2D eigenvalue weighted by molar-refractivity contribution is 0.282. The van der Waals surface area contributed by atoms with Crippen molar-refractivity contribution in [1.29, 1.82) is 5.26 Å². The van der Waals surface area contributed by atoms with E-state index < -0.39 is 0 Å². The molecule has 0 bridgehead atoms. The number of hydrogen-bond acceptors (Lipinski definition) is 4. The van der Waals surface area contributed by atoms with Crippen LogP contribution in [0, 0.1) is 11.3 Å². The molecular formula is C14H20N2OS. The van der Waals surface area contributed by atoms with Crippen molar-refractivity contribution >= 4 is 17.4 Å². The molecule has 1 aromatic carbocycles. The van der Waals surface area contributed by atoms with Crippen LogP contribution in [0.15, 0.2) is 23.1 Å². The van der Waals surface area contributed by atoms with E-state index in [4.69, 9.17) is 5.11 Å². The highest BCUT2D eigenvalue weighted by Crippen LogP contribution is 2.28. The van der Waals surface area contributed by atoms with Crippen LogP contribution in [0.5, 0.6) is 0 Å². The van der Waals surface area contributed by atoms with Gasteiger partial charge >= 0.3 is 0 Å². The predicted molar refractivity (Wildman–Crippen MR) is 77.0 cm³/mol. The molecule has 0 aliphatic heterocycles. The number of nitrogens with zero attached hydrogens (tertiary/aromatic N) is 1. The van der Waals surface area contributed by atoms with E-state index in [0.29, 0.717) is 0 Å². The molecule has 4 heteroatoms. The molecule has 0 aliphatic rings. The van der Waals surface area contributed by atoms with Crippen LogP contribution in [0.25, 0.3) is 0 Å². The Kier molecular flexibility index (Phi) is 6.63. The zero-order chi connectivity index (χ0) is 13.4. The Morgan fingerprint density at radius 3 is 2.89 bits per heavy atom. The van der Waals surface area contributed by atoms with Gasteiger partial charge in [0, 0.05) is 17.5 Å². The Balaban J connectivity index is 2.82. The van der Waals surface area contributed by atoms with Gasteiger partial charge in [-0.25, -0.2) is 0 Å². The van der Waals surface area contributed by atoms with Crippen molar-refractivity contribution in [1.82, 2.24) is 0 Å². The summed E-state index contributed by atoms with van der Waals surface area (Å²) in [6.45, 7) is 4.36. The largest absolute Gasteiger partial charge is 0.396 e. The van der Waals surface area contributed by atoms with Crippen LogP contribution in [-0.2, 0) is 0 Å². The van der Waals surface area contributed by atoms with Gasteiger partial charge in [0.1, 0.15) is 6.07 Å². The molecule has 18 heavy (non-hydrogen) atoms. The molecule has 0 heterocycles. The molecule has 1 aromatic rings. The van der Waals surface area contributed by atoms with Gasteiger partial charge in [0.2, 0.25) is 0 Å². The number of aliphatic hydroxyl groups excluding tert-OH is 1. The molecule has 0 saturated heterocycles. The molecule has 1 rings (SSSR count). The monoisotopic (exact) mass is 264 g/mol. The highest BCUT2D eigenvalue weighted by Gasteiger charge is 2.10. The van der Waals surface area contributed by atoms with Crippen LogP contribution in [0.4, 0.5) is 5.69 Å². The third-order valence-electron chi connectivity index (χ3n) is 2.64. The highest BCUT2D eigenvalue weighted by atomic mass is 32.2. The lowest BCUT2D eigenvalue weighted by Crippen LogP contribution is -2.16. The minimum atomic E-state index is 0.211. The number of thioether (sulfide) groups is 1. The summed E-state index contributed by atoms with van der Waals surface area (Å²) < 4.78 is 0. The summed E-state index contributed by atoms with van der Waals surface area (Å²) in [4.78, 5) is 1.03. The molecule has 3 nitrogen and oxygen atoms in total. The first-order chi connectivity index (χ1) is 8.72. The summed E-state index contributed by atoms with van der Waals surface area (Å²) in [5, 5.41) is 21.4. The lowest BCUT2D eigenvalue weighted by Gasteiger charge is -2.17. The molecule has 0 saturated carbocycles. The van der Waals surface area contributed by atoms with Crippen LogP contribution in [0.3, 0.4) is 0 Å². The summed E-state index contributed by atoms with van der Waals surface area (Å²) >= 11 is 1.68. The third-order valence-corrected chi connectivity index (χ3v) is 3.57. The van der Waals surface area contributed by atoms with Crippen LogP contribution < -0.4 is 5.32 Å². The lowest BCUT2D eigenvalue weighted by atomic mass is 10.1. The number of hydrogen-bond donors (Lipinski definition) is 2. The number of rotatable bonds is 7. The first-order valence-corrected chi connectivity index (χ1v) is 7.24. The normalized spacial score (nSPS) is 11.9. The highest BCUT2D eigenvalue weighted by molar-refractivity contribution is 7.99. The second-order valence-corrected chi connectivity index (χ2v) is 5.44. The van der Waals surface area contributed by atoms with Gasteiger partial charge in [0.15, 0.2) is 0 Å². The average molecular weight is 264 g/mol. The molecule has 0 amide bonds.